The Kier molecular flexibility index (Phi) is 5.58. The molecule has 0 saturated heterocycles. The quantitative estimate of drug-likeness (QED) is 0.206. The topological polar surface area (TPSA) is 60.4 Å². The van der Waals surface area contributed by atoms with E-state index in [4.69, 9.17) is 0 Å². The zero-order valence-corrected chi connectivity index (χ0v) is 19.5. The third-order valence-corrected chi connectivity index (χ3v) is 6.70. The Labute approximate surface area is 190 Å². The number of hydrogen-bond donors (Lipinski definition) is 0. The van der Waals surface area contributed by atoms with Crippen LogP contribution in [0.4, 0.5) is 11.6 Å². The number of nitrogens with zero attached hydrogens (tertiary/aromatic N) is 6. The highest BCUT2D eigenvalue weighted by Crippen LogP contribution is 2.32. The Morgan fingerprint density at radius 3 is 1.36 bits per heavy atom. The van der Waals surface area contributed by atoms with Crippen LogP contribution < -0.4 is 0 Å². The Bertz CT molecular complexity index is 1050. The van der Waals surface area contributed by atoms with Gasteiger partial charge in [-0.2, -0.15) is 10.2 Å². The van der Waals surface area contributed by atoms with Crippen molar-refractivity contribution in [2.24, 2.45) is 10.2 Å². The van der Waals surface area contributed by atoms with Crippen LogP contribution in [0, 0.1) is 21.0 Å². The van der Waals surface area contributed by atoms with Crippen LogP contribution in [0.3, 0.4) is 0 Å². The molecule has 140 valence electrons. The lowest BCUT2D eigenvalue weighted by atomic mass is 10.3. The predicted octanol–water partition coefficient (Wildman–Crippen LogP) is 6.30. The summed E-state index contributed by atoms with van der Waals surface area (Å²) in [7, 11) is 0. The van der Waals surface area contributed by atoms with Crippen LogP contribution in [0.1, 0.15) is 11.4 Å². The number of benzene rings is 2. The van der Waals surface area contributed by atoms with Gasteiger partial charge >= 0.3 is 0 Å². The van der Waals surface area contributed by atoms with Crippen LogP contribution >= 0.6 is 45.2 Å². The third kappa shape index (κ3) is 3.62. The molecule has 0 fully saturated rings. The fourth-order valence-corrected chi connectivity index (χ4v) is 3.65. The maximum absolute atomic E-state index is 4.63. The van der Waals surface area contributed by atoms with Gasteiger partial charge in [-0.3, -0.25) is 0 Å². The number of halogens is 2. The van der Waals surface area contributed by atoms with Gasteiger partial charge in [0.05, 0.1) is 29.9 Å². The van der Waals surface area contributed by atoms with Crippen LogP contribution in [-0.4, -0.2) is 19.6 Å². The number of hydrogen-bond acceptors (Lipinski definition) is 4. The number of para-hydroxylation sites is 2. The summed E-state index contributed by atoms with van der Waals surface area (Å²) in [5.74, 6) is 1.41. The molecule has 0 saturated carbocycles. The lowest BCUT2D eigenvalue weighted by Crippen LogP contribution is -1.96. The summed E-state index contributed by atoms with van der Waals surface area (Å²) in [6, 6.07) is 19.9. The van der Waals surface area contributed by atoms with Crippen molar-refractivity contribution in [3.8, 4) is 11.4 Å². The molecule has 0 atom stereocenters. The average Bonchev–Trinajstić information content (AvgIpc) is 3.18. The molecule has 2 aromatic carbocycles. The number of azo groups is 1. The molecular weight excluding hydrogens is 578 g/mol. The van der Waals surface area contributed by atoms with E-state index in [1.54, 1.807) is 0 Å². The van der Waals surface area contributed by atoms with Gasteiger partial charge in [-0.25, -0.2) is 9.36 Å². The van der Waals surface area contributed by atoms with Gasteiger partial charge < -0.3 is 0 Å². The van der Waals surface area contributed by atoms with Crippen LogP contribution in [0.15, 0.2) is 70.9 Å². The van der Waals surface area contributed by atoms with E-state index >= 15 is 0 Å². The standard InChI is InChI=1S/C20H16I2N6/c1-13-17(21)19(27(25-13)15-9-5-3-6-10-15)23-24-20-18(22)14(2)26-28(20)16-11-7-4-8-12-16/h3-12H,1-2H3/b24-23+. The first-order valence-corrected chi connectivity index (χ1v) is 10.7. The van der Waals surface area contributed by atoms with E-state index in [-0.39, 0.29) is 0 Å². The van der Waals surface area contributed by atoms with Crippen molar-refractivity contribution in [2.75, 3.05) is 0 Å². The highest BCUT2D eigenvalue weighted by molar-refractivity contribution is 14.1. The molecule has 0 bridgehead atoms. The van der Waals surface area contributed by atoms with E-state index in [0.717, 1.165) is 29.9 Å². The van der Waals surface area contributed by atoms with Gasteiger partial charge in [-0.1, -0.05) is 36.4 Å². The summed E-state index contributed by atoms with van der Waals surface area (Å²) in [4.78, 5) is 0. The van der Waals surface area contributed by atoms with Crippen LogP contribution in [0.25, 0.3) is 11.4 Å². The highest BCUT2D eigenvalue weighted by Gasteiger charge is 2.17. The molecule has 28 heavy (non-hydrogen) atoms. The number of aryl methyl sites for hydroxylation is 2. The minimum atomic E-state index is 0.707. The fraction of sp³-hybridized carbons (Fsp3) is 0.100. The molecular formula is C20H16I2N6. The summed E-state index contributed by atoms with van der Waals surface area (Å²) >= 11 is 4.54. The maximum Gasteiger partial charge on any atom is 0.191 e. The van der Waals surface area contributed by atoms with E-state index in [1.807, 2.05) is 83.9 Å². The third-order valence-electron chi connectivity index (χ3n) is 4.17. The van der Waals surface area contributed by atoms with E-state index in [2.05, 4.69) is 65.6 Å². The van der Waals surface area contributed by atoms with E-state index in [9.17, 15) is 0 Å². The number of rotatable bonds is 4. The molecule has 0 aliphatic rings. The van der Waals surface area contributed by atoms with Crippen LogP contribution in [0.2, 0.25) is 0 Å². The first-order chi connectivity index (χ1) is 13.6. The molecule has 4 aromatic rings. The normalized spacial score (nSPS) is 11.4. The molecule has 0 amide bonds. The zero-order valence-electron chi connectivity index (χ0n) is 15.2. The van der Waals surface area contributed by atoms with Crippen molar-refractivity contribution < 1.29 is 0 Å². The van der Waals surface area contributed by atoms with Gasteiger partial charge in [0.25, 0.3) is 0 Å². The fourth-order valence-electron chi connectivity index (χ4n) is 2.76. The minimum Gasteiger partial charge on any atom is -0.212 e. The predicted molar refractivity (Wildman–Crippen MR) is 126 cm³/mol. The molecule has 0 aliphatic carbocycles. The smallest absolute Gasteiger partial charge is 0.191 e. The molecule has 2 aromatic heterocycles. The SMILES string of the molecule is Cc1nn(-c2ccccc2)c(/N=N/c2c(I)c(C)nn2-c2ccccc2)c1I. The van der Waals surface area contributed by atoms with Gasteiger partial charge in [0.1, 0.15) is 0 Å². The van der Waals surface area contributed by atoms with Crippen molar-refractivity contribution >= 4 is 56.8 Å². The van der Waals surface area contributed by atoms with Crippen molar-refractivity contribution in [2.45, 2.75) is 13.8 Å². The minimum absolute atomic E-state index is 0.707. The van der Waals surface area contributed by atoms with Crippen molar-refractivity contribution in [3.63, 3.8) is 0 Å². The molecule has 8 heteroatoms. The molecule has 2 heterocycles. The van der Waals surface area contributed by atoms with Gasteiger partial charge in [-0.05, 0) is 83.3 Å². The first-order valence-electron chi connectivity index (χ1n) is 8.59. The lowest BCUT2D eigenvalue weighted by Gasteiger charge is -2.05. The largest absolute Gasteiger partial charge is 0.212 e. The Morgan fingerprint density at radius 1 is 0.643 bits per heavy atom. The zero-order chi connectivity index (χ0) is 19.7. The van der Waals surface area contributed by atoms with Gasteiger partial charge in [0, 0.05) is 0 Å². The molecule has 4 rings (SSSR count). The molecule has 0 spiro atoms. The monoisotopic (exact) mass is 594 g/mol. The maximum atomic E-state index is 4.63. The van der Waals surface area contributed by atoms with Crippen molar-refractivity contribution in [3.05, 3.63) is 79.2 Å². The molecule has 0 N–H and O–H groups in total. The van der Waals surface area contributed by atoms with Gasteiger partial charge in [-0.15, -0.1) is 10.2 Å². The number of aromatic nitrogens is 4. The second-order valence-electron chi connectivity index (χ2n) is 6.14. The van der Waals surface area contributed by atoms with Gasteiger partial charge in [0.15, 0.2) is 11.6 Å². The van der Waals surface area contributed by atoms with Crippen molar-refractivity contribution in [1.82, 2.24) is 19.6 Å². The summed E-state index contributed by atoms with van der Waals surface area (Å²) in [6.45, 7) is 3.95. The Balaban J connectivity index is 1.82. The van der Waals surface area contributed by atoms with Crippen LogP contribution in [0.5, 0.6) is 0 Å². The average molecular weight is 594 g/mol. The lowest BCUT2D eigenvalue weighted by molar-refractivity contribution is 0.837. The summed E-state index contributed by atoms with van der Waals surface area (Å²) in [5.41, 5.74) is 3.73. The molecule has 6 nitrogen and oxygen atoms in total. The summed E-state index contributed by atoms with van der Waals surface area (Å²) in [5, 5.41) is 18.4. The van der Waals surface area contributed by atoms with Crippen LogP contribution in [-0.2, 0) is 0 Å². The summed E-state index contributed by atoms with van der Waals surface area (Å²) < 4.78 is 5.60. The Hall–Kier alpha value is -2.08. The van der Waals surface area contributed by atoms with E-state index in [0.29, 0.717) is 11.6 Å². The second kappa shape index (κ2) is 8.11. The highest BCUT2D eigenvalue weighted by atomic mass is 127. The molecule has 0 aliphatic heterocycles. The first kappa shape index (κ1) is 19.2. The molecule has 0 radical (unpaired) electrons. The Morgan fingerprint density at radius 2 is 1.00 bits per heavy atom. The van der Waals surface area contributed by atoms with Crippen molar-refractivity contribution in [1.29, 1.82) is 0 Å². The van der Waals surface area contributed by atoms with Gasteiger partial charge in [0.2, 0.25) is 0 Å². The van der Waals surface area contributed by atoms with E-state index < -0.39 is 0 Å². The summed E-state index contributed by atoms with van der Waals surface area (Å²) in [6.07, 6.45) is 0. The molecule has 0 unspecified atom stereocenters. The van der Waals surface area contributed by atoms with E-state index in [1.165, 1.54) is 0 Å². The second-order valence-corrected chi connectivity index (χ2v) is 8.30.